The molecule has 0 atom stereocenters. The van der Waals surface area contributed by atoms with Crippen molar-refractivity contribution in [2.24, 2.45) is 0 Å². The number of nitrogen functional groups attached to an aromatic ring is 1. The van der Waals surface area contributed by atoms with Crippen LogP contribution in [0.15, 0.2) is 30.6 Å². The van der Waals surface area contributed by atoms with E-state index in [1.165, 1.54) is 34.1 Å². The summed E-state index contributed by atoms with van der Waals surface area (Å²) in [7, 11) is 0. The minimum Gasteiger partial charge on any atom is -0.384 e. The summed E-state index contributed by atoms with van der Waals surface area (Å²) in [4.78, 5) is 11.4. The van der Waals surface area contributed by atoms with Crippen LogP contribution in [-0.2, 0) is 6.54 Å². The monoisotopic (exact) mass is 267 g/mol. The van der Waals surface area contributed by atoms with Gasteiger partial charge in [0.05, 0.1) is 0 Å². The zero-order chi connectivity index (χ0) is 14.1. The van der Waals surface area contributed by atoms with Crippen molar-refractivity contribution in [3.63, 3.8) is 0 Å². The third kappa shape index (κ3) is 2.30. The van der Waals surface area contributed by atoms with E-state index in [9.17, 15) is 0 Å². The van der Waals surface area contributed by atoms with Gasteiger partial charge in [-0.25, -0.2) is 9.97 Å². The molecule has 0 fully saturated rings. The van der Waals surface area contributed by atoms with Gasteiger partial charge >= 0.3 is 0 Å². The number of benzene rings is 1. The number of aryl methyl sites for hydroxylation is 2. The predicted molar refractivity (Wildman–Crippen MR) is 81.5 cm³/mol. The summed E-state index contributed by atoms with van der Waals surface area (Å²) < 4.78 is 0. The number of fused-ring (bicyclic) bond motifs is 1. The van der Waals surface area contributed by atoms with Gasteiger partial charge in [0.1, 0.15) is 18.0 Å². The summed E-state index contributed by atoms with van der Waals surface area (Å²) in [5, 5.41) is 4.52. The molecule has 0 bridgehead atoms. The maximum atomic E-state index is 5.63. The number of aromatic nitrogens is 3. The Hall–Kier alpha value is -2.56. The van der Waals surface area contributed by atoms with Crippen LogP contribution in [0.3, 0.4) is 0 Å². The third-order valence-corrected chi connectivity index (χ3v) is 3.53. The number of rotatable bonds is 3. The van der Waals surface area contributed by atoms with E-state index in [4.69, 9.17) is 5.73 Å². The van der Waals surface area contributed by atoms with E-state index < -0.39 is 0 Å². The molecule has 0 radical (unpaired) electrons. The first-order valence-corrected chi connectivity index (χ1v) is 6.52. The van der Waals surface area contributed by atoms with Crippen molar-refractivity contribution in [1.29, 1.82) is 0 Å². The van der Waals surface area contributed by atoms with Crippen molar-refractivity contribution in [3.8, 4) is 0 Å². The first kappa shape index (κ1) is 12.5. The van der Waals surface area contributed by atoms with Crippen molar-refractivity contribution in [1.82, 2.24) is 15.0 Å². The molecule has 3 aromatic rings. The Morgan fingerprint density at radius 3 is 2.85 bits per heavy atom. The van der Waals surface area contributed by atoms with Gasteiger partial charge in [0.2, 0.25) is 0 Å². The zero-order valence-electron chi connectivity index (χ0n) is 11.6. The minimum atomic E-state index is 0.468. The SMILES string of the molecule is Cc1[nH]c2ccc(CNc3cc(N)ncn3)cc2c1C. The van der Waals surface area contributed by atoms with Crippen LogP contribution in [0.4, 0.5) is 11.6 Å². The number of nitrogens with one attached hydrogen (secondary N) is 2. The largest absolute Gasteiger partial charge is 0.384 e. The number of hydrogen-bond acceptors (Lipinski definition) is 4. The molecule has 102 valence electrons. The number of anilines is 2. The molecule has 5 heteroatoms. The fraction of sp³-hybridized carbons (Fsp3) is 0.200. The lowest BCUT2D eigenvalue weighted by Crippen LogP contribution is -2.02. The Labute approximate surface area is 117 Å². The van der Waals surface area contributed by atoms with Gasteiger partial charge in [0.15, 0.2) is 0 Å². The fourth-order valence-corrected chi connectivity index (χ4v) is 2.28. The third-order valence-electron chi connectivity index (χ3n) is 3.53. The van der Waals surface area contributed by atoms with Crippen molar-refractivity contribution in [3.05, 3.63) is 47.4 Å². The molecule has 1 aromatic carbocycles. The summed E-state index contributed by atoms with van der Waals surface area (Å²) in [6.07, 6.45) is 1.46. The average molecular weight is 267 g/mol. The number of nitrogens with zero attached hydrogens (tertiary/aromatic N) is 2. The lowest BCUT2D eigenvalue weighted by molar-refractivity contribution is 1.09. The highest BCUT2D eigenvalue weighted by atomic mass is 15.0. The minimum absolute atomic E-state index is 0.468. The topological polar surface area (TPSA) is 79.6 Å². The van der Waals surface area contributed by atoms with Crippen LogP contribution in [0.25, 0.3) is 10.9 Å². The van der Waals surface area contributed by atoms with Crippen molar-refractivity contribution in [2.45, 2.75) is 20.4 Å². The molecule has 0 aliphatic heterocycles. The average Bonchev–Trinajstić information content (AvgIpc) is 2.72. The smallest absolute Gasteiger partial charge is 0.131 e. The highest BCUT2D eigenvalue weighted by Crippen LogP contribution is 2.22. The zero-order valence-corrected chi connectivity index (χ0v) is 11.6. The Morgan fingerprint density at radius 2 is 2.05 bits per heavy atom. The number of H-pyrrole nitrogens is 1. The summed E-state index contributed by atoms with van der Waals surface area (Å²) in [5.41, 5.74) is 10.5. The van der Waals surface area contributed by atoms with Crippen LogP contribution in [-0.4, -0.2) is 15.0 Å². The molecule has 3 rings (SSSR count). The fourth-order valence-electron chi connectivity index (χ4n) is 2.28. The van der Waals surface area contributed by atoms with Crippen molar-refractivity contribution < 1.29 is 0 Å². The van der Waals surface area contributed by atoms with Gasteiger partial charge in [-0.3, -0.25) is 0 Å². The van der Waals surface area contributed by atoms with Crippen LogP contribution >= 0.6 is 0 Å². The van der Waals surface area contributed by atoms with E-state index in [2.05, 4.69) is 52.3 Å². The first-order chi connectivity index (χ1) is 9.63. The number of hydrogen-bond donors (Lipinski definition) is 3. The highest BCUT2D eigenvalue weighted by Gasteiger charge is 2.05. The van der Waals surface area contributed by atoms with Gasteiger partial charge in [0, 0.05) is 29.2 Å². The Bertz CT molecular complexity index is 760. The lowest BCUT2D eigenvalue weighted by atomic mass is 10.1. The van der Waals surface area contributed by atoms with Gasteiger partial charge in [-0.2, -0.15) is 0 Å². The summed E-state index contributed by atoms with van der Waals surface area (Å²) >= 11 is 0. The second kappa shape index (κ2) is 4.85. The molecule has 0 amide bonds. The van der Waals surface area contributed by atoms with Crippen LogP contribution in [0.1, 0.15) is 16.8 Å². The molecule has 5 nitrogen and oxygen atoms in total. The summed E-state index contributed by atoms with van der Waals surface area (Å²) in [6.45, 7) is 4.93. The summed E-state index contributed by atoms with van der Waals surface area (Å²) in [6, 6.07) is 8.14. The Balaban J connectivity index is 1.82. The molecule has 0 spiro atoms. The highest BCUT2D eigenvalue weighted by molar-refractivity contribution is 5.85. The molecule has 0 aliphatic rings. The molecule has 2 aromatic heterocycles. The van der Waals surface area contributed by atoms with E-state index in [1.54, 1.807) is 6.07 Å². The molecular formula is C15H17N5. The molecular weight excluding hydrogens is 250 g/mol. The molecule has 0 saturated carbocycles. The Kier molecular flexibility index (Phi) is 3.02. The summed E-state index contributed by atoms with van der Waals surface area (Å²) in [5.74, 6) is 1.20. The first-order valence-electron chi connectivity index (χ1n) is 6.52. The van der Waals surface area contributed by atoms with Crippen LogP contribution < -0.4 is 11.1 Å². The van der Waals surface area contributed by atoms with Gasteiger partial charge in [-0.1, -0.05) is 6.07 Å². The molecule has 0 aliphatic carbocycles. The number of aromatic amines is 1. The van der Waals surface area contributed by atoms with Gasteiger partial charge in [0.25, 0.3) is 0 Å². The van der Waals surface area contributed by atoms with Crippen LogP contribution in [0.2, 0.25) is 0 Å². The maximum Gasteiger partial charge on any atom is 0.131 e. The van der Waals surface area contributed by atoms with Crippen LogP contribution in [0, 0.1) is 13.8 Å². The number of nitrogens with two attached hydrogens (primary N) is 1. The molecule has 4 N–H and O–H groups in total. The van der Waals surface area contributed by atoms with E-state index in [0.717, 1.165) is 5.82 Å². The van der Waals surface area contributed by atoms with E-state index in [-0.39, 0.29) is 0 Å². The Morgan fingerprint density at radius 1 is 1.20 bits per heavy atom. The van der Waals surface area contributed by atoms with E-state index in [0.29, 0.717) is 12.4 Å². The molecule has 0 saturated heterocycles. The van der Waals surface area contributed by atoms with E-state index >= 15 is 0 Å². The standard InChI is InChI=1S/C15H17N5/c1-9-10(2)20-13-4-3-11(5-12(9)13)7-17-15-6-14(16)18-8-19-15/h3-6,8,20H,7H2,1-2H3,(H3,16,17,18,19). The van der Waals surface area contributed by atoms with Gasteiger partial charge in [-0.05, 0) is 37.1 Å². The lowest BCUT2D eigenvalue weighted by Gasteiger charge is -2.06. The quantitative estimate of drug-likeness (QED) is 0.681. The molecule has 2 heterocycles. The maximum absolute atomic E-state index is 5.63. The van der Waals surface area contributed by atoms with Crippen molar-refractivity contribution in [2.75, 3.05) is 11.1 Å². The van der Waals surface area contributed by atoms with Crippen molar-refractivity contribution >= 4 is 22.5 Å². The van der Waals surface area contributed by atoms with Gasteiger partial charge < -0.3 is 16.0 Å². The second-order valence-electron chi connectivity index (χ2n) is 4.94. The predicted octanol–water partition coefficient (Wildman–Crippen LogP) is 2.77. The van der Waals surface area contributed by atoms with E-state index in [1.807, 2.05) is 0 Å². The molecule has 0 unspecified atom stereocenters. The second-order valence-corrected chi connectivity index (χ2v) is 4.94. The van der Waals surface area contributed by atoms with Crippen LogP contribution in [0.5, 0.6) is 0 Å². The molecule has 20 heavy (non-hydrogen) atoms. The normalized spacial score (nSPS) is 10.9. The van der Waals surface area contributed by atoms with Gasteiger partial charge in [-0.15, -0.1) is 0 Å².